The number of aryl methyl sites for hydroxylation is 1. The molecular formula is C12H13F3O. The topological polar surface area (TPSA) is 17.1 Å². The van der Waals surface area contributed by atoms with Gasteiger partial charge in [0.15, 0.2) is 0 Å². The van der Waals surface area contributed by atoms with Gasteiger partial charge in [-0.2, -0.15) is 13.2 Å². The van der Waals surface area contributed by atoms with Gasteiger partial charge in [0.05, 0.1) is 5.56 Å². The summed E-state index contributed by atoms with van der Waals surface area (Å²) >= 11 is 0. The number of rotatable bonds is 3. The van der Waals surface area contributed by atoms with Crippen molar-refractivity contribution in [2.45, 2.75) is 32.9 Å². The van der Waals surface area contributed by atoms with Crippen LogP contribution in [0.5, 0.6) is 0 Å². The second-order valence-corrected chi connectivity index (χ2v) is 3.72. The number of carbonyl (C=O) groups excluding carboxylic acids is 1. The third-order valence-corrected chi connectivity index (χ3v) is 2.31. The number of ketones is 1. The quantitative estimate of drug-likeness (QED) is 0.777. The second-order valence-electron chi connectivity index (χ2n) is 3.72. The van der Waals surface area contributed by atoms with Gasteiger partial charge in [0.1, 0.15) is 5.78 Å². The molecule has 0 saturated heterocycles. The number of benzene rings is 1. The van der Waals surface area contributed by atoms with E-state index in [1.807, 2.05) is 0 Å². The summed E-state index contributed by atoms with van der Waals surface area (Å²) in [5.41, 5.74) is 0.269. The van der Waals surface area contributed by atoms with Gasteiger partial charge in [-0.05, 0) is 30.5 Å². The highest BCUT2D eigenvalue weighted by molar-refractivity contribution is 5.78. The van der Waals surface area contributed by atoms with Crippen molar-refractivity contribution in [3.8, 4) is 0 Å². The highest BCUT2D eigenvalue weighted by Crippen LogP contribution is 2.32. The van der Waals surface area contributed by atoms with Crippen molar-refractivity contribution in [2.75, 3.05) is 0 Å². The fourth-order valence-electron chi connectivity index (χ4n) is 1.61. The predicted molar refractivity (Wildman–Crippen MR) is 55.2 cm³/mol. The van der Waals surface area contributed by atoms with Crippen LogP contribution in [-0.4, -0.2) is 5.78 Å². The predicted octanol–water partition coefficient (Wildman–Crippen LogP) is 3.40. The first-order valence-electron chi connectivity index (χ1n) is 5.03. The Kier molecular flexibility index (Phi) is 3.73. The Labute approximate surface area is 92.3 Å². The van der Waals surface area contributed by atoms with E-state index in [4.69, 9.17) is 0 Å². The number of Topliss-reactive ketones (excluding diaryl/α,β-unsaturated/α-hetero) is 1. The zero-order chi connectivity index (χ0) is 12.3. The summed E-state index contributed by atoms with van der Waals surface area (Å²) in [5, 5.41) is 0. The number of carbonyl (C=O) groups is 1. The molecule has 0 aromatic heterocycles. The van der Waals surface area contributed by atoms with Gasteiger partial charge in [-0.25, -0.2) is 0 Å². The molecule has 0 atom stereocenters. The second kappa shape index (κ2) is 4.68. The monoisotopic (exact) mass is 230 g/mol. The van der Waals surface area contributed by atoms with E-state index in [2.05, 4.69) is 0 Å². The first-order valence-corrected chi connectivity index (χ1v) is 5.03. The lowest BCUT2D eigenvalue weighted by molar-refractivity contribution is -0.138. The van der Waals surface area contributed by atoms with E-state index in [0.29, 0.717) is 12.0 Å². The van der Waals surface area contributed by atoms with Crippen LogP contribution in [0.25, 0.3) is 0 Å². The van der Waals surface area contributed by atoms with Gasteiger partial charge < -0.3 is 0 Å². The molecule has 1 aromatic carbocycles. The van der Waals surface area contributed by atoms with Crippen LogP contribution in [0, 0.1) is 0 Å². The van der Waals surface area contributed by atoms with Crippen LogP contribution in [0.4, 0.5) is 13.2 Å². The normalized spacial score (nSPS) is 11.6. The van der Waals surface area contributed by atoms with Gasteiger partial charge in [0.25, 0.3) is 0 Å². The summed E-state index contributed by atoms with van der Waals surface area (Å²) in [4.78, 5) is 10.9. The molecule has 0 radical (unpaired) electrons. The Morgan fingerprint density at radius 1 is 1.31 bits per heavy atom. The maximum atomic E-state index is 12.6. The fraction of sp³-hybridized carbons (Fsp3) is 0.417. The van der Waals surface area contributed by atoms with Gasteiger partial charge in [-0.1, -0.05) is 19.1 Å². The molecule has 0 saturated carbocycles. The Balaban J connectivity index is 3.12. The Bertz CT molecular complexity index is 394. The van der Waals surface area contributed by atoms with Crippen molar-refractivity contribution >= 4 is 5.78 Å². The smallest absolute Gasteiger partial charge is 0.300 e. The molecule has 4 heteroatoms. The van der Waals surface area contributed by atoms with Crippen molar-refractivity contribution in [1.29, 1.82) is 0 Å². The summed E-state index contributed by atoms with van der Waals surface area (Å²) < 4.78 is 37.7. The van der Waals surface area contributed by atoms with Gasteiger partial charge in [0.2, 0.25) is 0 Å². The molecule has 1 rings (SSSR count). The Hall–Kier alpha value is -1.32. The molecule has 0 amide bonds. The van der Waals surface area contributed by atoms with E-state index < -0.39 is 11.7 Å². The van der Waals surface area contributed by atoms with E-state index in [0.717, 1.165) is 6.07 Å². The third-order valence-electron chi connectivity index (χ3n) is 2.31. The van der Waals surface area contributed by atoms with Crippen LogP contribution in [0.1, 0.15) is 30.5 Å². The molecule has 1 nitrogen and oxygen atoms in total. The average molecular weight is 230 g/mol. The molecule has 0 aliphatic heterocycles. The zero-order valence-electron chi connectivity index (χ0n) is 9.19. The first kappa shape index (κ1) is 12.7. The fourth-order valence-corrected chi connectivity index (χ4v) is 1.61. The van der Waals surface area contributed by atoms with Crippen molar-refractivity contribution in [1.82, 2.24) is 0 Å². The van der Waals surface area contributed by atoms with Crippen molar-refractivity contribution < 1.29 is 18.0 Å². The minimum Gasteiger partial charge on any atom is -0.300 e. The minimum atomic E-state index is -4.32. The lowest BCUT2D eigenvalue weighted by atomic mass is 9.99. The third kappa shape index (κ3) is 3.08. The highest BCUT2D eigenvalue weighted by atomic mass is 19.4. The molecule has 0 unspecified atom stereocenters. The maximum absolute atomic E-state index is 12.6. The molecule has 1 aromatic rings. The van der Waals surface area contributed by atoms with E-state index in [9.17, 15) is 18.0 Å². The number of hydrogen-bond donors (Lipinski definition) is 0. The molecule has 0 bridgehead atoms. The van der Waals surface area contributed by atoms with Gasteiger partial charge in [-0.3, -0.25) is 4.79 Å². The molecule has 0 spiro atoms. The van der Waals surface area contributed by atoms with Crippen LogP contribution >= 0.6 is 0 Å². The zero-order valence-corrected chi connectivity index (χ0v) is 9.19. The van der Waals surface area contributed by atoms with Crippen molar-refractivity contribution in [3.05, 3.63) is 34.9 Å². The number of alkyl halides is 3. The molecular weight excluding hydrogens is 217 g/mol. The number of halogens is 3. The summed E-state index contributed by atoms with van der Waals surface area (Å²) in [6.45, 7) is 3.09. The van der Waals surface area contributed by atoms with Crippen molar-refractivity contribution in [3.63, 3.8) is 0 Å². The van der Waals surface area contributed by atoms with E-state index in [1.165, 1.54) is 19.1 Å². The number of hydrogen-bond acceptors (Lipinski definition) is 1. The molecule has 0 heterocycles. The summed E-state index contributed by atoms with van der Waals surface area (Å²) in [6.07, 6.45) is -3.83. The molecule has 0 aliphatic carbocycles. The molecule has 16 heavy (non-hydrogen) atoms. The first-order chi connectivity index (χ1) is 7.34. The molecule has 0 fully saturated rings. The Morgan fingerprint density at radius 2 is 1.94 bits per heavy atom. The van der Waals surface area contributed by atoms with E-state index in [1.54, 1.807) is 6.92 Å². The summed E-state index contributed by atoms with van der Waals surface area (Å²) in [6, 6.07) is 3.88. The standard InChI is InChI=1S/C12H13F3O/c1-3-10-7-9(6-8(2)16)4-5-11(10)12(13,14)15/h4-5,7H,3,6H2,1-2H3. The minimum absolute atomic E-state index is 0.0539. The molecule has 0 N–H and O–H groups in total. The van der Waals surface area contributed by atoms with Crippen LogP contribution < -0.4 is 0 Å². The van der Waals surface area contributed by atoms with Crippen LogP contribution in [0.3, 0.4) is 0 Å². The maximum Gasteiger partial charge on any atom is 0.416 e. The average Bonchev–Trinajstić information content (AvgIpc) is 2.14. The van der Waals surface area contributed by atoms with Crippen molar-refractivity contribution in [2.24, 2.45) is 0 Å². The van der Waals surface area contributed by atoms with Gasteiger partial charge >= 0.3 is 6.18 Å². The van der Waals surface area contributed by atoms with Crippen LogP contribution in [0.15, 0.2) is 18.2 Å². The van der Waals surface area contributed by atoms with E-state index in [-0.39, 0.29) is 17.8 Å². The lowest BCUT2D eigenvalue weighted by Gasteiger charge is -2.12. The summed E-state index contributed by atoms with van der Waals surface area (Å²) in [7, 11) is 0. The SMILES string of the molecule is CCc1cc(CC(C)=O)ccc1C(F)(F)F. The molecule has 0 aliphatic rings. The summed E-state index contributed by atoms with van der Waals surface area (Å²) in [5.74, 6) is -0.0539. The lowest BCUT2D eigenvalue weighted by Crippen LogP contribution is -2.09. The molecule has 88 valence electrons. The highest BCUT2D eigenvalue weighted by Gasteiger charge is 2.32. The van der Waals surface area contributed by atoms with Gasteiger partial charge in [0, 0.05) is 6.42 Å². The van der Waals surface area contributed by atoms with Gasteiger partial charge in [-0.15, -0.1) is 0 Å². The largest absolute Gasteiger partial charge is 0.416 e. The van der Waals surface area contributed by atoms with Crippen LogP contribution in [-0.2, 0) is 23.8 Å². The van der Waals surface area contributed by atoms with E-state index >= 15 is 0 Å². The Morgan fingerprint density at radius 3 is 2.38 bits per heavy atom. The van der Waals surface area contributed by atoms with Crippen LogP contribution in [0.2, 0.25) is 0 Å².